The van der Waals surface area contributed by atoms with Gasteiger partial charge in [-0.15, -0.1) is 13.2 Å². The Labute approximate surface area is 208 Å². The van der Waals surface area contributed by atoms with Gasteiger partial charge in [0.1, 0.15) is 24.2 Å². The van der Waals surface area contributed by atoms with Crippen LogP contribution in [0, 0.1) is 17.7 Å². The van der Waals surface area contributed by atoms with Crippen LogP contribution in [0.3, 0.4) is 0 Å². The molecule has 0 bridgehead atoms. The van der Waals surface area contributed by atoms with Crippen molar-refractivity contribution in [2.45, 2.75) is 50.6 Å². The van der Waals surface area contributed by atoms with Crippen molar-refractivity contribution in [1.29, 1.82) is 0 Å². The van der Waals surface area contributed by atoms with Crippen LogP contribution in [0.25, 0.3) is 10.9 Å². The molecule has 13 heteroatoms. The van der Waals surface area contributed by atoms with Gasteiger partial charge < -0.3 is 20.9 Å². The van der Waals surface area contributed by atoms with Crippen LogP contribution in [-0.2, 0) is 19.1 Å². The van der Waals surface area contributed by atoms with Crippen LogP contribution < -0.4 is 16.4 Å². The molecule has 3 atom stereocenters. The SMILES string of the molecule is NC(=O)c1cc2cc(F)ccc2n1[C@@H](CC1CC1)C(=O)N[C@@H](C[C@@H]1CCNC1=O)C(=O)COC(F)(F)F. The van der Waals surface area contributed by atoms with E-state index < -0.39 is 54.4 Å². The van der Waals surface area contributed by atoms with Gasteiger partial charge in [-0.1, -0.05) is 12.8 Å². The minimum atomic E-state index is -5.06. The van der Waals surface area contributed by atoms with Crippen molar-refractivity contribution < 1.29 is 41.5 Å². The number of halogens is 4. The minimum Gasteiger partial charge on any atom is -0.364 e. The Morgan fingerprint density at radius 1 is 1.16 bits per heavy atom. The number of primary amides is 1. The van der Waals surface area contributed by atoms with E-state index in [9.17, 15) is 36.7 Å². The summed E-state index contributed by atoms with van der Waals surface area (Å²) in [6.45, 7) is -0.996. The molecule has 37 heavy (non-hydrogen) atoms. The van der Waals surface area contributed by atoms with Crippen molar-refractivity contribution in [3.63, 3.8) is 0 Å². The lowest BCUT2D eigenvalue weighted by Crippen LogP contribution is -2.47. The topological polar surface area (TPSA) is 133 Å². The summed E-state index contributed by atoms with van der Waals surface area (Å²) in [6, 6.07) is 2.60. The van der Waals surface area contributed by atoms with E-state index in [0.29, 0.717) is 23.9 Å². The molecule has 2 aliphatic rings. The second-order valence-corrected chi connectivity index (χ2v) is 9.44. The maximum absolute atomic E-state index is 13.8. The van der Waals surface area contributed by atoms with E-state index in [1.807, 2.05) is 0 Å². The van der Waals surface area contributed by atoms with Gasteiger partial charge in [0.2, 0.25) is 11.8 Å². The second kappa shape index (κ2) is 10.5. The number of ether oxygens (including phenoxy) is 1. The van der Waals surface area contributed by atoms with Gasteiger partial charge in [0, 0.05) is 23.4 Å². The lowest BCUT2D eigenvalue weighted by molar-refractivity contribution is -0.321. The maximum Gasteiger partial charge on any atom is 0.522 e. The Kier molecular flexibility index (Phi) is 7.53. The molecule has 0 spiro atoms. The first kappa shape index (κ1) is 26.6. The highest BCUT2D eigenvalue weighted by atomic mass is 19.4. The Hall–Kier alpha value is -3.48. The number of aromatic nitrogens is 1. The number of carbonyl (C=O) groups is 4. The Bertz CT molecular complexity index is 1220. The van der Waals surface area contributed by atoms with E-state index >= 15 is 0 Å². The summed E-state index contributed by atoms with van der Waals surface area (Å²) >= 11 is 0. The molecule has 9 nitrogen and oxygen atoms in total. The van der Waals surface area contributed by atoms with Crippen LogP contribution in [0.1, 0.15) is 48.6 Å². The molecule has 200 valence electrons. The number of rotatable bonds is 11. The highest BCUT2D eigenvalue weighted by Crippen LogP contribution is 2.39. The lowest BCUT2D eigenvalue weighted by Gasteiger charge is -2.26. The van der Waals surface area contributed by atoms with E-state index in [2.05, 4.69) is 15.4 Å². The third-order valence-electron chi connectivity index (χ3n) is 6.69. The summed E-state index contributed by atoms with van der Waals surface area (Å²) < 4.78 is 56.6. The number of nitrogens with zero attached hydrogens (tertiary/aromatic N) is 1. The van der Waals surface area contributed by atoms with Crippen LogP contribution in [-0.4, -0.2) is 53.6 Å². The van der Waals surface area contributed by atoms with Crippen LogP contribution >= 0.6 is 0 Å². The van der Waals surface area contributed by atoms with E-state index in [4.69, 9.17) is 5.73 Å². The highest BCUT2D eigenvalue weighted by molar-refractivity contribution is 6.00. The van der Waals surface area contributed by atoms with Gasteiger partial charge in [-0.05, 0) is 49.4 Å². The number of hydrogen-bond acceptors (Lipinski definition) is 5. The van der Waals surface area contributed by atoms with E-state index in [1.54, 1.807) is 0 Å². The van der Waals surface area contributed by atoms with Crippen LogP contribution in [0.2, 0.25) is 0 Å². The predicted molar refractivity (Wildman–Crippen MR) is 121 cm³/mol. The molecule has 1 aromatic carbocycles. The van der Waals surface area contributed by atoms with Crippen molar-refractivity contribution in [1.82, 2.24) is 15.2 Å². The molecular formula is C24H26F4N4O5. The van der Waals surface area contributed by atoms with Crippen LogP contribution in [0.15, 0.2) is 24.3 Å². The number of alkyl halides is 3. The predicted octanol–water partition coefficient (Wildman–Crippen LogP) is 2.34. The first-order valence-electron chi connectivity index (χ1n) is 11.8. The summed E-state index contributed by atoms with van der Waals surface area (Å²) in [5.74, 6) is -4.12. The first-order chi connectivity index (χ1) is 17.4. The van der Waals surface area contributed by atoms with Gasteiger partial charge in [-0.25, -0.2) is 4.39 Å². The van der Waals surface area contributed by atoms with Crippen molar-refractivity contribution >= 4 is 34.4 Å². The fourth-order valence-electron chi connectivity index (χ4n) is 4.68. The van der Waals surface area contributed by atoms with Gasteiger partial charge in [0.25, 0.3) is 5.91 Å². The number of nitrogens with one attached hydrogen (secondary N) is 2. The standard InChI is InChI=1S/C24H26F4N4O5/c25-15-3-4-17-14(8-15)10-18(21(29)34)32(17)19(7-12-1-2-12)23(36)31-16(9-13-5-6-30-22(13)35)20(33)11-37-24(26,27)28/h3-4,8,10,12-13,16,19H,1-2,5-7,9,11H2,(H2,29,34)(H,30,35)(H,31,36)/t13-,16-,19-/m0/s1. The Balaban J connectivity index is 1.65. The third kappa shape index (κ3) is 6.45. The molecule has 2 aromatic rings. The number of amides is 3. The first-order valence-corrected chi connectivity index (χ1v) is 11.8. The van der Waals surface area contributed by atoms with Gasteiger partial charge in [0.15, 0.2) is 5.78 Å². The Morgan fingerprint density at radius 3 is 2.49 bits per heavy atom. The molecule has 1 aliphatic carbocycles. The maximum atomic E-state index is 13.8. The summed E-state index contributed by atoms with van der Waals surface area (Å²) in [5, 5.41) is 5.42. The molecule has 3 amide bonds. The summed E-state index contributed by atoms with van der Waals surface area (Å²) in [6.07, 6.45) is -3.00. The lowest BCUT2D eigenvalue weighted by atomic mass is 9.95. The van der Waals surface area contributed by atoms with E-state index in [1.165, 1.54) is 22.8 Å². The number of ketones is 1. The zero-order valence-electron chi connectivity index (χ0n) is 19.6. The quantitative estimate of drug-likeness (QED) is 0.387. The molecule has 1 aliphatic heterocycles. The molecule has 4 rings (SSSR count). The van der Waals surface area contributed by atoms with Crippen molar-refractivity contribution in [3.8, 4) is 0 Å². The molecule has 2 fully saturated rings. The average molecular weight is 526 g/mol. The zero-order chi connectivity index (χ0) is 26.9. The zero-order valence-corrected chi connectivity index (χ0v) is 19.6. The van der Waals surface area contributed by atoms with Gasteiger partial charge in [-0.3, -0.25) is 23.9 Å². The molecule has 0 unspecified atom stereocenters. The third-order valence-corrected chi connectivity index (χ3v) is 6.69. The number of fused-ring (bicyclic) bond motifs is 1. The Morgan fingerprint density at radius 2 is 1.89 bits per heavy atom. The van der Waals surface area contributed by atoms with Crippen molar-refractivity contribution in [2.75, 3.05) is 13.2 Å². The normalized spacial score (nSPS) is 19.5. The van der Waals surface area contributed by atoms with Gasteiger partial charge in [-0.2, -0.15) is 0 Å². The number of benzene rings is 1. The fraction of sp³-hybridized carbons (Fsp3) is 0.500. The number of nitrogens with two attached hydrogens (primary N) is 1. The molecule has 4 N–H and O–H groups in total. The van der Waals surface area contributed by atoms with E-state index in [-0.39, 0.29) is 30.4 Å². The van der Waals surface area contributed by atoms with Crippen molar-refractivity contribution in [3.05, 3.63) is 35.8 Å². The van der Waals surface area contributed by atoms with Gasteiger partial charge in [0.05, 0.1) is 6.04 Å². The fourth-order valence-corrected chi connectivity index (χ4v) is 4.68. The molecular weight excluding hydrogens is 500 g/mol. The molecule has 1 saturated heterocycles. The largest absolute Gasteiger partial charge is 0.522 e. The highest BCUT2D eigenvalue weighted by Gasteiger charge is 2.38. The number of hydrogen-bond donors (Lipinski definition) is 3. The molecule has 1 aromatic heterocycles. The van der Waals surface area contributed by atoms with Crippen LogP contribution in [0.5, 0.6) is 0 Å². The summed E-state index contributed by atoms with van der Waals surface area (Å²) in [5.41, 5.74) is 5.85. The average Bonchev–Trinajstić information content (AvgIpc) is 3.44. The molecule has 2 heterocycles. The monoisotopic (exact) mass is 526 g/mol. The smallest absolute Gasteiger partial charge is 0.364 e. The summed E-state index contributed by atoms with van der Waals surface area (Å²) in [4.78, 5) is 50.6. The number of carbonyl (C=O) groups excluding carboxylic acids is 4. The van der Waals surface area contributed by atoms with E-state index in [0.717, 1.165) is 18.9 Å². The molecule has 1 saturated carbocycles. The summed E-state index contributed by atoms with van der Waals surface area (Å²) in [7, 11) is 0. The van der Waals surface area contributed by atoms with Crippen LogP contribution in [0.4, 0.5) is 17.6 Å². The van der Waals surface area contributed by atoms with Crippen molar-refractivity contribution in [2.24, 2.45) is 17.6 Å². The second-order valence-electron chi connectivity index (χ2n) is 9.44. The van der Waals surface area contributed by atoms with Gasteiger partial charge >= 0.3 is 6.36 Å². The number of Topliss-reactive ketones (excluding diaryl/α,β-unsaturated/α-hetero) is 1. The minimum absolute atomic E-state index is 0.0557. The molecule has 0 radical (unpaired) electrons.